The molecular formula is C15H13F4NO. The molecule has 0 bridgehead atoms. The molecule has 0 saturated heterocycles. The van der Waals surface area contributed by atoms with Gasteiger partial charge in [0.05, 0.1) is 12.2 Å². The highest BCUT2D eigenvalue weighted by Gasteiger charge is 2.34. The van der Waals surface area contributed by atoms with Crippen LogP contribution in [0.15, 0.2) is 42.5 Å². The van der Waals surface area contributed by atoms with E-state index >= 15 is 0 Å². The maximum atomic E-state index is 13.1. The van der Waals surface area contributed by atoms with Gasteiger partial charge in [0.2, 0.25) is 0 Å². The van der Waals surface area contributed by atoms with Gasteiger partial charge >= 0.3 is 6.18 Å². The van der Waals surface area contributed by atoms with E-state index in [0.29, 0.717) is 18.2 Å². The lowest BCUT2D eigenvalue weighted by Crippen LogP contribution is -2.09. The van der Waals surface area contributed by atoms with Crippen LogP contribution in [0.1, 0.15) is 11.1 Å². The number of para-hydroxylation sites is 1. The van der Waals surface area contributed by atoms with E-state index in [2.05, 4.69) is 0 Å². The molecule has 0 fully saturated rings. The number of halogens is 4. The Balaban J connectivity index is 2.03. The summed E-state index contributed by atoms with van der Waals surface area (Å²) in [5, 5.41) is 0. The van der Waals surface area contributed by atoms with E-state index in [1.807, 2.05) is 12.1 Å². The monoisotopic (exact) mass is 299 g/mol. The number of rotatable bonds is 4. The molecule has 0 amide bonds. The summed E-state index contributed by atoms with van der Waals surface area (Å²) >= 11 is 0. The van der Waals surface area contributed by atoms with Crippen LogP contribution in [0, 0.1) is 5.82 Å². The Bertz CT molecular complexity index is 625. The van der Waals surface area contributed by atoms with Gasteiger partial charge < -0.3 is 10.5 Å². The number of benzene rings is 2. The van der Waals surface area contributed by atoms with Crippen LogP contribution in [-0.4, -0.2) is 6.61 Å². The number of alkyl halides is 3. The molecule has 0 unspecified atom stereocenters. The first-order chi connectivity index (χ1) is 9.88. The molecule has 2 nitrogen and oxygen atoms in total. The smallest absolute Gasteiger partial charge is 0.419 e. The van der Waals surface area contributed by atoms with Gasteiger partial charge in [-0.1, -0.05) is 18.2 Å². The third-order valence-electron chi connectivity index (χ3n) is 2.94. The Labute approximate surface area is 119 Å². The van der Waals surface area contributed by atoms with Crippen LogP contribution in [-0.2, 0) is 12.6 Å². The molecule has 6 heteroatoms. The van der Waals surface area contributed by atoms with Crippen molar-refractivity contribution in [2.75, 3.05) is 12.3 Å². The highest BCUT2D eigenvalue weighted by Crippen LogP contribution is 2.33. The van der Waals surface area contributed by atoms with Gasteiger partial charge in [0.1, 0.15) is 11.6 Å². The lowest BCUT2D eigenvalue weighted by Gasteiger charge is -2.11. The molecule has 0 spiro atoms. The Morgan fingerprint density at radius 2 is 1.76 bits per heavy atom. The number of ether oxygens (including phenoxy) is 1. The molecule has 0 saturated carbocycles. The van der Waals surface area contributed by atoms with Crippen molar-refractivity contribution >= 4 is 5.69 Å². The van der Waals surface area contributed by atoms with Gasteiger partial charge in [-0.05, 0) is 29.8 Å². The summed E-state index contributed by atoms with van der Waals surface area (Å²) in [6, 6.07) is 9.71. The maximum Gasteiger partial charge on any atom is 0.419 e. The van der Waals surface area contributed by atoms with Crippen LogP contribution in [0.4, 0.5) is 23.2 Å². The minimum atomic E-state index is -4.74. The first-order valence-corrected chi connectivity index (χ1v) is 6.21. The average molecular weight is 299 g/mol. The zero-order valence-corrected chi connectivity index (χ0v) is 11.0. The molecule has 2 N–H and O–H groups in total. The summed E-state index contributed by atoms with van der Waals surface area (Å²) < 4.78 is 56.0. The van der Waals surface area contributed by atoms with Crippen LogP contribution in [0.25, 0.3) is 0 Å². The van der Waals surface area contributed by atoms with Crippen molar-refractivity contribution in [3.63, 3.8) is 0 Å². The number of anilines is 1. The van der Waals surface area contributed by atoms with Crippen LogP contribution >= 0.6 is 0 Å². The molecule has 0 aromatic heterocycles. The van der Waals surface area contributed by atoms with E-state index in [1.165, 1.54) is 6.07 Å². The molecule has 2 rings (SSSR count). The molecule has 21 heavy (non-hydrogen) atoms. The van der Waals surface area contributed by atoms with Crippen molar-refractivity contribution in [3.05, 3.63) is 59.4 Å². The van der Waals surface area contributed by atoms with Crippen LogP contribution in [0.3, 0.4) is 0 Å². The molecular weight excluding hydrogens is 286 g/mol. The van der Waals surface area contributed by atoms with Crippen molar-refractivity contribution in [1.29, 1.82) is 0 Å². The fraction of sp³-hybridized carbons (Fsp3) is 0.200. The quantitative estimate of drug-likeness (QED) is 0.683. The highest BCUT2D eigenvalue weighted by molar-refractivity contribution is 5.46. The Morgan fingerprint density at radius 1 is 1.05 bits per heavy atom. The number of nitrogens with two attached hydrogens (primary N) is 1. The van der Waals surface area contributed by atoms with E-state index in [-0.39, 0.29) is 12.4 Å². The van der Waals surface area contributed by atoms with Gasteiger partial charge in [-0.15, -0.1) is 0 Å². The topological polar surface area (TPSA) is 35.2 Å². The fourth-order valence-corrected chi connectivity index (χ4v) is 1.85. The second-order valence-corrected chi connectivity index (χ2v) is 4.44. The second-order valence-electron chi connectivity index (χ2n) is 4.44. The zero-order chi connectivity index (χ0) is 15.5. The summed E-state index contributed by atoms with van der Waals surface area (Å²) in [5.41, 5.74) is 5.85. The van der Waals surface area contributed by atoms with Gasteiger partial charge in [0.15, 0.2) is 0 Å². The summed E-state index contributed by atoms with van der Waals surface area (Å²) in [7, 11) is 0. The van der Waals surface area contributed by atoms with E-state index in [9.17, 15) is 17.6 Å². The Kier molecular flexibility index (Phi) is 4.35. The number of nitrogen functional groups attached to an aromatic ring is 1. The van der Waals surface area contributed by atoms with Crippen molar-refractivity contribution in [3.8, 4) is 5.75 Å². The molecule has 0 radical (unpaired) electrons. The van der Waals surface area contributed by atoms with E-state index < -0.39 is 17.6 Å². The van der Waals surface area contributed by atoms with E-state index in [1.54, 1.807) is 12.1 Å². The lowest BCUT2D eigenvalue weighted by atomic mass is 10.1. The van der Waals surface area contributed by atoms with E-state index in [4.69, 9.17) is 10.5 Å². The highest BCUT2D eigenvalue weighted by atomic mass is 19.4. The van der Waals surface area contributed by atoms with Crippen molar-refractivity contribution in [2.24, 2.45) is 0 Å². The molecule has 0 atom stereocenters. The first-order valence-electron chi connectivity index (χ1n) is 6.21. The van der Waals surface area contributed by atoms with Crippen LogP contribution < -0.4 is 10.5 Å². The average Bonchev–Trinajstić information content (AvgIpc) is 2.41. The molecule has 2 aromatic carbocycles. The standard InChI is InChI=1S/C15H13F4NO/c16-13-6-5-11(9-12(13)15(17,18)19)21-8-7-10-3-1-2-4-14(10)20/h1-6,9H,7-8,20H2. The second kappa shape index (κ2) is 6.03. The van der Waals surface area contributed by atoms with Crippen molar-refractivity contribution in [1.82, 2.24) is 0 Å². The SMILES string of the molecule is Nc1ccccc1CCOc1ccc(F)c(C(F)(F)F)c1. The van der Waals surface area contributed by atoms with Crippen molar-refractivity contribution in [2.45, 2.75) is 12.6 Å². The largest absolute Gasteiger partial charge is 0.493 e. The zero-order valence-electron chi connectivity index (χ0n) is 11.0. The predicted molar refractivity (Wildman–Crippen MR) is 71.5 cm³/mol. The van der Waals surface area contributed by atoms with Gasteiger partial charge in [-0.2, -0.15) is 13.2 Å². The molecule has 0 aliphatic rings. The Hall–Kier alpha value is -2.24. The summed E-state index contributed by atoms with van der Waals surface area (Å²) in [6.07, 6.45) is -4.29. The number of hydrogen-bond acceptors (Lipinski definition) is 2. The van der Waals surface area contributed by atoms with Crippen molar-refractivity contribution < 1.29 is 22.3 Å². The molecule has 2 aromatic rings. The van der Waals surface area contributed by atoms with Gasteiger partial charge in [0, 0.05) is 12.1 Å². The third-order valence-corrected chi connectivity index (χ3v) is 2.94. The normalized spacial score (nSPS) is 11.4. The minimum absolute atomic E-state index is 0.0294. The fourth-order valence-electron chi connectivity index (χ4n) is 1.85. The third kappa shape index (κ3) is 3.87. The van der Waals surface area contributed by atoms with Gasteiger partial charge in [-0.3, -0.25) is 0 Å². The maximum absolute atomic E-state index is 13.1. The summed E-state index contributed by atoms with van der Waals surface area (Å²) in [5.74, 6) is -1.35. The predicted octanol–water partition coefficient (Wildman–Crippen LogP) is 4.05. The minimum Gasteiger partial charge on any atom is -0.493 e. The van der Waals surface area contributed by atoms with Gasteiger partial charge in [0.25, 0.3) is 0 Å². The van der Waals surface area contributed by atoms with E-state index in [0.717, 1.165) is 11.6 Å². The van der Waals surface area contributed by atoms with Gasteiger partial charge in [-0.25, -0.2) is 4.39 Å². The number of hydrogen-bond donors (Lipinski definition) is 1. The summed E-state index contributed by atoms with van der Waals surface area (Å²) in [4.78, 5) is 0. The van der Waals surface area contributed by atoms with Crippen LogP contribution in [0.5, 0.6) is 5.75 Å². The molecule has 0 aliphatic carbocycles. The Morgan fingerprint density at radius 3 is 2.43 bits per heavy atom. The first kappa shape index (κ1) is 15.2. The lowest BCUT2D eigenvalue weighted by molar-refractivity contribution is -0.140. The molecule has 0 heterocycles. The van der Waals surface area contributed by atoms with Crippen LogP contribution in [0.2, 0.25) is 0 Å². The summed E-state index contributed by atoms with van der Waals surface area (Å²) in [6.45, 7) is 0.150. The molecule has 112 valence electrons. The molecule has 0 aliphatic heterocycles.